The predicted molar refractivity (Wildman–Crippen MR) is 77.9 cm³/mol. The Kier molecular flexibility index (Phi) is 8.09. The highest BCUT2D eigenvalue weighted by atomic mass is 79.9. The van der Waals surface area contributed by atoms with Crippen molar-refractivity contribution in [1.29, 1.82) is 0 Å². The largest absolute Gasteiger partial charge is 0.306 e. The smallest absolute Gasteiger partial charge is 0.129 e. The molecule has 0 aromatic carbocycles. The van der Waals surface area contributed by atoms with E-state index in [1.165, 1.54) is 0 Å². The Balaban J connectivity index is 3.85. The van der Waals surface area contributed by atoms with Crippen molar-refractivity contribution in [1.82, 2.24) is 4.90 Å². The Bertz CT molecular complexity index is 331. The lowest BCUT2D eigenvalue weighted by atomic mass is 10.1. The highest BCUT2D eigenvalue weighted by Crippen LogP contribution is 2.16. The lowest BCUT2D eigenvalue weighted by molar-refractivity contribution is 0.345. The summed E-state index contributed by atoms with van der Waals surface area (Å²) in [6.07, 6.45) is 3.51. The van der Waals surface area contributed by atoms with E-state index in [9.17, 15) is 4.39 Å². The van der Waals surface area contributed by atoms with E-state index in [1.54, 1.807) is 6.08 Å². The summed E-state index contributed by atoms with van der Waals surface area (Å²) in [5, 5.41) is 0. The number of hydrogen-bond donors (Lipinski definition) is 0. The van der Waals surface area contributed by atoms with E-state index >= 15 is 0 Å². The third-order valence-electron chi connectivity index (χ3n) is 2.49. The first-order valence-electron chi connectivity index (χ1n) is 5.57. The molecule has 3 heteroatoms. The van der Waals surface area contributed by atoms with Gasteiger partial charge in [-0.1, -0.05) is 37.0 Å². The number of rotatable bonds is 8. The maximum absolute atomic E-state index is 12.6. The van der Waals surface area contributed by atoms with Crippen LogP contribution in [-0.2, 0) is 0 Å². The van der Waals surface area contributed by atoms with Gasteiger partial charge in [-0.05, 0) is 42.7 Å². The molecule has 0 heterocycles. The van der Waals surface area contributed by atoms with E-state index < -0.39 is 5.83 Å². The fourth-order valence-corrected chi connectivity index (χ4v) is 1.40. The topological polar surface area (TPSA) is 3.24 Å². The molecule has 0 spiro atoms. The molecule has 0 aromatic heterocycles. The Labute approximate surface area is 113 Å². The Hall–Kier alpha value is -0.670. The number of allylic oxidation sites excluding steroid dienone is 3. The molecular weight excluding hydrogens is 281 g/mol. The van der Waals surface area contributed by atoms with Gasteiger partial charge in [0.25, 0.3) is 0 Å². The predicted octanol–water partition coefficient (Wildman–Crippen LogP) is 4.59. The summed E-state index contributed by atoms with van der Waals surface area (Å²) in [4.78, 5) is 2.19. The van der Waals surface area contributed by atoms with Gasteiger partial charge in [0.05, 0.1) is 0 Å². The molecule has 0 radical (unpaired) electrons. The van der Waals surface area contributed by atoms with Gasteiger partial charge in [0.15, 0.2) is 0 Å². The van der Waals surface area contributed by atoms with E-state index in [0.29, 0.717) is 4.48 Å². The summed E-state index contributed by atoms with van der Waals surface area (Å²) < 4.78 is 13.1. The minimum atomic E-state index is -0.427. The average Bonchev–Trinajstić information content (AvgIpc) is 2.25. The summed E-state index contributed by atoms with van der Waals surface area (Å²) in [6.45, 7) is 14.8. The van der Waals surface area contributed by atoms with E-state index in [4.69, 9.17) is 0 Å². The molecule has 0 fully saturated rings. The van der Waals surface area contributed by atoms with Crippen LogP contribution in [0.5, 0.6) is 0 Å². The van der Waals surface area contributed by atoms with Crippen LogP contribution in [0.15, 0.2) is 47.3 Å². The quantitative estimate of drug-likeness (QED) is 0.593. The first kappa shape index (κ1) is 16.3. The van der Waals surface area contributed by atoms with Gasteiger partial charge < -0.3 is 4.90 Å². The molecule has 0 bridgehead atoms. The first-order chi connectivity index (χ1) is 7.84. The molecule has 1 nitrogen and oxygen atoms in total. The third kappa shape index (κ3) is 8.11. The summed E-state index contributed by atoms with van der Waals surface area (Å²) in [6, 6.07) is 0. The van der Waals surface area contributed by atoms with Crippen molar-refractivity contribution in [3.05, 3.63) is 47.3 Å². The van der Waals surface area contributed by atoms with E-state index in [0.717, 1.165) is 37.1 Å². The lowest BCUT2D eigenvalue weighted by Gasteiger charge is -2.16. The van der Waals surface area contributed by atoms with Crippen LogP contribution >= 0.6 is 15.9 Å². The standard InChI is InChI=1S/C14H21BrFN/c1-11(2)12(3)8-10-17(5)9-6-7-14(15)13(4)16/h7H,1,3-4,6,8-10H2,2,5H3/b14-7+. The molecule has 0 atom stereocenters. The second kappa shape index (κ2) is 8.43. The summed E-state index contributed by atoms with van der Waals surface area (Å²) in [5.41, 5.74) is 2.13. The minimum absolute atomic E-state index is 0.427. The number of nitrogens with zero attached hydrogens (tertiary/aromatic N) is 1. The van der Waals surface area contributed by atoms with Gasteiger partial charge in [-0.15, -0.1) is 0 Å². The molecule has 0 aliphatic heterocycles. The van der Waals surface area contributed by atoms with Gasteiger partial charge in [-0.25, -0.2) is 4.39 Å². The summed E-state index contributed by atoms with van der Waals surface area (Å²) >= 11 is 3.12. The van der Waals surface area contributed by atoms with E-state index in [-0.39, 0.29) is 0 Å². The Morgan fingerprint density at radius 3 is 2.35 bits per heavy atom. The van der Waals surface area contributed by atoms with Gasteiger partial charge in [-0.2, -0.15) is 0 Å². The van der Waals surface area contributed by atoms with Crippen LogP contribution in [0.4, 0.5) is 4.39 Å². The monoisotopic (exact) mass is 301 g/mol. The van der Waals surface area contributed by atoms with Crippen molar-refractivity contribution in [2.45, 2.75) is 19.8 Å². The van der Waals surface area contributed by atoms with Crippen molar-refractivity contribution in [2.75, 3.05) is 20.1 Å². The number of hydrogen-bond acceptors (Lipinski definition) is 1. The van der Waals surface area contributed by atoms with Gasteiger partial charge in [0, 0.05) is 17.6 Å². The lowest BCUT2D eigenvalue weighted by Crippen LogP contribution is -2.21. The van der Waals surface area contributed by atoms with E-state index in [2.05, 4.69) is 40.6 Å². The van der Waals surface area contributed by atoms with E-state index in [1.807, 2.05) is 14.0 Å². The van der Waals surface area contributed by atoms with Crippen molar-refractivity contribution >= 4 is 15.9 Å². The zero-order chi connectivity index (χ0) is 13.4. The zero-order valence-corrected chi connectivity index (χ0v) is 12.3. The molecule has 96 valence electrons. The van der Waals surface area contributed by atoms with Crippen LogP contribution in [0, 0.1) is 0 Å². The van der Waals surface area contributed by atoms with Crippen LogP contribution in [0.2, 0.25) is 0 Å². The normalized spacial score (nSPS) is 11.7. The van der Waals surface area contributed by atoms with Crippen molar-refractivity contribution in [3.63, 3.8) is 0 Å². The SMILES string of the molecule is C=C(C)C(=C)CCN(C)CC/C=C(/Br)C(=C)F. The molecule has 0 aromatic rings. The third-order valence-corrected chi connectivity index (χ3v) is 3.25. The molecule has 0 unspecified atom stereocenters. The molecule has 0 aliphatic rings. The Morgan fingerprint density at radius 1 is 1.29 bits per heavy atom. The Morgan fingerprint density at radius 2 is 1.88 bits per heavy atom. The molecule has 0 aliphatic carbocycles. The number of halogens is 2. The summed E-state index contributed by atoms with van der Waals surface area (Å²) in [7, 11) is 2.04. The second-order valence-electron chi connectivity index (χ2n) is 4.18. The van der Waals surface area contributed by atoms with Crippen LogP contribution < -0.4 is 0 Å². The van der Waals surface area contributed by atoms with Crippen LogP contribution in [-0.4, -0.2) is 25.0 Å². The molecular formula is C14H21BrFN. The zero-order valence-electron chi connectivity index (χ0n) is 10.7. The highest BCUT2D eigenvalue weighted by Gasteiger charge is 2.01. The summed E-state index contributed by atoms with van der Waals surface area (Å²) in [5.74, 6) is -0.427. The van der Waals surface area contributed by atoms with Crippen LogP contribution in [0.25, 0.3) is 0 Å². The first-order valence-corrected chi connectivity index (χ1v) is 6.36. The van der Waals surface area contributed by atoms with Gasteiger partial charge in [-0.3, -0.25) is 0 Å². The fraction of sp³-hybridized carbons (Fsp3) is 0.429. The molecule has 0 N–H and O–H groups in total. The van der Waals surface area contributed by atoms with Gasteiger partial charge in [0.2, 0.25) is 0 Å². The van der Waals surface area contributed by atoms with Crippen molar-refractivity contribution in [2.24, 2.45) is 0 Å². The van der Waals surface area contributed by atoms with Gasteiger partial charge >= 0.3 is 0 Å². The van der Waals surface area contributed by atoms with Crippen molar-refractivity contribution < 1.29 is 4.39 Å². The fourth-order valence-electron chi connectivity index (χ4n) is 1.17. The van der Waals surface area contributed by atoms with Crippen LogP contribution in [0.1, 0.15) is 19.8 Å². The second-order valence-corrected chi connectivity index (χ2v) is 5.04. The molecule has 17 heavy (non-hydrogen) atoms. The van der Waals surface area contributed by atoms with Crippen molar-refractivity contribution in [3.8, 4) is 0 Å². The van der Waals surface area contributed by atoms with Crippen LogP contribution in [0.3, 0.4) is 0 Å². The maximum Gasteiger partial charge on any atom is 0.129 e. The molecule has 0 saturated carbocycles. The van der Waals surface area contributed by atoms with Gasteiger partial charge in [0.1, 0.15) is 5.83 Å². The maximum atomic E-state index is 12.6. The molecule has 0 saturated heterocycles. The average molecular weight is 302 g/mol. The minimum Gasteiger partial charge on any atom is -0.306 e. The molecule has 0 rings (SSSR count). The molecule has 0 amide bonds. The highest BCUT2D eigenvalue weighted by molar-refractivity contribution is 9.11.